The summed E-state index contributed by atoms with van der Waals surface area (Å²) in [6.45, 7) is 3.54. The minimum atomic E-state index is -3.90. The van der Waals surface area contributed by atoms with Gasteiger partial charge in [0.05, 0.1) is 6.61 Å². The van der Waals surface area contributed by atoms with Gasteiger partial charge in [0.2, 0.25) is 0 Å². The first-order valence-electron chi connectivity index (χ1n) is 3.72. The second-order valence-electron chi connectivity index (χ2n) is 3.25. The van der Waals surface area contributed by atoms with Crippen molar-refractivity contribution in [3.8, 4) is 0 Å². The van der Waals surface area contributed by atoms with Crippen LogP contribution in [0.2, 0.25) is 0 Å². The van der Waals surface area contributed by atoms with Crippen molar-refractivity contribution in [1.29, 1.82) is 0 Å². The van der Waals surface area contributed by atoms with E-state index in [4.69, 9.17) is 14.7 Å². The fourth-order valence-electron chi connectivity index (χ4n) is 1.10. The Bertz CT molecular complexity index is 269. The summed E-state index contributed by atoms with van der Waals surface area (Å²) >= 11 is 0. The van der Waals surface area contributed by atoms with Crippen molar-refractivity contribution in [3.63, 3.8) is 0 Å². The molecule has 1 fully saturated rings. The molecular weight excluding hydrogens is 200 g/mol. The molecule has 1 N–H and O–H groups in total. The van der Waals surface area contributed by atoms with E-state index in [1.165, 1.54) is 0 Å². The van der Waals surface area contributed by atoms with Crippen LogP contribution in [0.4, 0.5) is 0 Å². The lowest BCUT2D eigenvalue weighted by molar-refractivity contribution is -0.140. The number of ether oxygens (including phenoxy) is 2. The van der Waals surface area contributed by atoms with Gasteiger partial charge < -0.3 is 9.47 Å². The molecule has 0 unspecified atom stereocenters. The highest BCUT2D eigenvalue weighted by Gasteiger charge is 2.35. The van der Waals surface area contributed by atoms with Crippen LogP contribution in [0.5, 0.6) is 0 Å². The molecule has 0 radical (unpaired) electrons. The van der Waals surface area contributed by atoms with E-state index < -0.39 is 27.8 Å². The van der Waals surface area contributed by atoms with E-state index in [-0.39, 0.29) is 6.61 Å². The fraction of sp³-hybridized carbons (Fsp3) is 1.00. The molecule has 0 aliphatic carbocycles. The molecule has 7 heteroatoms. The van der Waals surface area contributed by atoms with E-state index in [0.717, 1.165) is 0 Å². The van der Waals surface area contributed by atoms with Gasteiger partial charge in [0.25, 0.3) is 10.1 Å². The summed E-state index contributed by atoms with van der Waals surface area (Å²) in [6, 6.07) is 0. The molecule has 78 valence electrons. The second-order valence-corrected chi connectivity index (χ2v) is 4.85. The van der Waals surface area contributed by atoms with Gasteiger partial charge in [-0.1, -0.05) is 0 Å². The van der Waals surface area contributed by atoms with Gasteiger partial charge >= 0.3 is 0 Å². The van der Waals surface area contributed by atoms with Crippen molar-refractivity contribution >= 4 is 10.1 Å². The van der Waals surface area contributed by atoms with Gasteiger partial charge in [-0.2, -0.15) is 8.42 Å². The lowest BCUT2D eigenvalue weighted by Crippen LogP contribution is -2.27. The van der Waals surface area contributed by atoms with Crippen LogP contribution in [-0.4, -0.2) is 37.9 Å². The lowest BCUT2D eigenvalue weighted by atomic mass is 10.4. The average Bonchev–Trinajstić information content (AvgIpc) is 2.29. The number of hydrogen-bond donors (Lipinski definition) is 1. The quantitative estimate of drug-likeness (QED) is 0.522. The molecule has 0 amide bonds. The van der Waals surface area contributed by atoms with Crippen LogP contribution >= 0.6 is 0 Å². The molecule has 1 atom stereocenters. The third-order valence-electron chi connectivity index (χ3n) is 1.57. The summed E-state index contributed by atoms with van der Waals surface area (Å²) < 4.78 is 35.1. The standard InChI is InChI=1S/C6H12O6S/c1-6(2)10-3-5(11-6)4-13(8,9)12-7/h5,7H,3-4H2,1-2H3/t5-/m1/s1. The molecule has 1 saturated heterocycles. The van der Waals surface area contributed by atoms with E-state index in [9.17, 15) is 8.42 Å². The molecule has 1 aliphatic heterocycles. The second kappa shape index (κ2) is 3.50. The maximum absolute atomic E-state index is 10.8. The van der Waals surface area contributed by atoms with Gasteiger partial charge in [-0.05, 0) is 13.8 Å². The average molecular weight is 212 g/mol. The first-order chi connectivity index (χ1) is 5.85. The highest BCUT2D eigenvalue weighted by molar-refractivity contribution is 7.86. The van der Waals surface area contributed by atoms with Gasteiger partial charge in [-0.25, -0.2) is 5.26 Å². The molecular formula is C6H12O6S. The van der Waals surface area contributed by atoms with Crippen LogP contribution in [0, 0.1) is 0 Å². The molecule has 0 saturated carbocycles. The first kappa shape index (κ1) is 10.9. The fourth-order valence-corrected chi connectivity index (χ4v) is 1.78. The summed E-state index contributed by atoms with van der Waals surface area (Å²) in [4.78, 5) is 0. The van der Waals surface area contributed by atoms with Crippen molar-refractivity contribution in [2.45, 2.75) is 25.7 Å². The highest BCUT2D eigenvalue weighted by Crippen LogP contribution is 2.23. The predicted molar refractivity (Wildman–Crippen MR) is 42.4 cm³/mol. The molecule has 0 aromatic heterocycles. The molecule has 1 rings (SSSR count). The van der Waals surface area contributed by atoms with Crippen LogP contribution in [-0.2, 0) is 23.9 Å². The SMILES string of the molecule is CC1(C)OC[C@H](CS(=O)(=O)OO)O1. The third kappa shape index (κ3) is 3.20. The Morgan fingerprint density at radius 2 is 2.23 bits per heavy atom. The Labute approximate surface area is 76.5 Å². The minimum Gasteiger partial charge on any atom is -0.348 e. The smallest absolute Gasteiger partial charge is 0.296 e. The molecule has 0 aromatic carbocycles. The highest BCUT2D eigenvalue weighted by atomic mass is 32.2. The Hall–Kier alpha value is -0.210. The topological polar surface area (TPSA) is 82.1 Å². The van der Waals surface area contributed by atoms with Gasteiger partial charge in [0, 0.05) is 0 Å². The Kier molecular flexibility index (Phi) is 2.93. The zero-order valence-electron chi connectivity index (χ0n) is 7.39. The molecule has 0 bridgehead atoms. The summed E-state index contributed by atoms with van der Waals surface area (Å²) in [5.74, 6) is -1.18. The van der Waals surface area contributed by atoms with Gasteiger partial charge in [0.15, 0.2) is 5.79 Å². The summed E-state index contributed by atoms with van der Waals surface area (Å²) in [5, 5.41) is 8.00. The lowest BCUT2D eigenvalue weighted by Gasteiger charge is -2.16. The zero-order valence-corrected chi connectivity index (χ0v) is 8.20. The molecule has 1 aliphatic rings. The molecule has 6 nitrogen and oxygen atoms in total. The number of rotatable bonds is 3. The van der Waals surface area contributed by atoms with Crippen LogP contribution in [0.1, 0.15) is 13.8 Å². The monoisotopic (exact) mass is 212 g/mol. The first-order valence-corrected chi connectivity index (χ1v) is 5.30. The predicted octanol–water partition coefficient (Wildman–Crippen LogP) is -0.0427. The van der Waals surface area contributed by atoms with Crippen molar-refractivity contribution in [2.24, 2.45) is 0 Å². The Morgan fingerprint density at radius 3 is 2.62 bits per heavy atom. The summed E-state index contributed by atoms with van der Waals surface area (Å²) in [5.41, 5.74) is 0. The third-order valence-corrected chi connectivity index (χ3v) is 2.58. The van der Waals surface area contributed by atoms with E-state index in [1.807, 2.05) is 0 Å². The summed E-state index contributed by atoms with van der Waals surface area (Å²) in [7, 11) is -3.90. The molecule has 0 spiro atoms. The van der Waals surface area contributed by atoms with E-state index in [1.54, 1.807) is 13.8 Å². The Balaban J connectivity index is 2.50. The van der Waals surface area contributed by atoms with Crippen molar-refractivity contribution in [2.75, 3.05) is 12.4 Å². The van der Waals surface area contributed by atoms with Gasteiger partial charge in [-0.15, -0.1) is 4.33 Å². The molecule has 1 heterocycles. The van der Waals surface area contributed by atoms with E-state index in [0.29, 0.717) is 0 Å². The van der Waals surface area contributed by atoms with E-state index in [2.05, 4.69) is 4.33 Å². The van der Waals surface area contributed by atoms with Crippen LogP contribution in [0.15, 0.2) is 0 Å². The maximum Gasteiger partial charge on any atom is 0.296 e. The van der Waals surface area contributed by atoms with Gasteiger partial charge in [-0.3, -0.25) is 0 Å². The van der Waals surface area contributed by atoms with Crippen LogP contribution < -0.4 is 0 Å². The largest absolute Gasteiger partial charge is 0.348 e. The summed E-state index contributed by atoms with van der Waals surface area (Å²) in [6.07, 6.45) is -0.591. The van der Waals surface area contributed by atoms with Crippen LogP contribution in [0.3, 0.4) is 0 Å². The molecule has 13 heavy (non-hydrogen) atoms. The normalized spacial score (nSPS) is 27.8. The number of hydrogen-bond acceptors (Lipinski definition) is 6. The minimum absolute atomic E-state index is 0.176. The zero-order chi connectivity index (χ0) is 10.1. The van der Waals surface area contributed by atoms with E-state index >= 15 is 0 Å². The Morgan fingerprint density at radius 1 is 1.62 bits per heavy atom. The maximum atomic E-state index is 10.8. The van der Waals surface area contributed by atoms with Crippen molar-refractivity contribution in [1.82, 2.24) is 0 Å². The van der Waals surface area contributed by atoms with Crippen LogP contribution in [0.25, 0.3) is 0 Å². The molecule has 0 aromatic rings. The van der Waals surface area contributed by atoms with Gasteiger partial charge in [0.1, 0.15) is 11.9 Å². The van der Waals surface area contributed by atoms with Crippen molar-refractivity contribution in [3.05, 3.63) is 0 Å². The van der Waals surface area contributed by atoms with Crippen molar-refractivity contribution < 1.29 is 27.5 Å².